The van der Waals surface area contributed by atoms with Crippen molar-refractivity contribution < 1.29 is 14.6 Å². The number of aliphatic hydroxyl groups excluding tert-OH is 1. The predicted molar refractivity (Wildman–Crippen MR) is 43.0 cm³/mol. The summed E-state index contributed by atoms with van der Waals surface area (Å²) in [5.41, 5.74) is 0. The van der Waals surface area contributed by atoms with Crippen molar-refractivity contribution >= 4 is 0 Å². The number of hydrogen-bond donors (Lipinski definition) is 1. The van der Waals surface area contributed by atoms with Gasteiger partial charge in [0.25, 0.3) is 0 Å². The molecule has 0 radical (unpaired) electrons. The van der Waals surface area contributed by atoms with E-state index in [0.717, 1.165) is 26.3 Å². The van der Waals surface area contributed by atoms with E-state index in [1.807, 2.05) is 0 Å². The molecule has 0 spiro atoms. The number of nitrogens with zero attached hydrogens (tertiary/aromatic N) is 1. The lowest BCUT2D eigenvalue weighted by atomic mass is 10.2. The Hall–Kier alpha value is -0.160. The van der Waals surface area contributed by atoms with Crippen LogP contribution in [0, 0.1) is 0 Å². The summed E-state index contributed by atoms with van der Waals surface area (Å²) in [4.78, 5) is 2.25. The minimum Gasteiger partial charge on any atom is -0.389 e. The molecule has 0 aromatic rings. The van der Waals surface area contributed by atoms with Crippen molar-refractivity contribution in [3.8, 4) is 0 Å². The van der Waals surface area contributed by atoms with Crippen LogP contribution in [0.2, 0.25) is 0 Å². The van der Waals surface area contributed by atoms with Gasteiger partial charge in [0.1, 0.15) is 0 Å². The van der Waals surface area contributed by atoms with E-state index in [0.29, 0.717) is 13.2 Å². The van der Waals surface area contributed by atoms with E-state index < -0.39 is 0 Å². The first-order chi connectivity index (χ1) is 5.88. The van der Waals surface area contributed by atoms with Crippen LogP contribution in [0.4, 0.5) is 0 Å². The van der Waals surface area contributed by atoms with E-state index in [4.69, 9.17) is 9.47 Å². The van der Waals surface area contributed by atoms with Gasteiger partial charge in [-0.25, -0.2) is 0 Å². The molecule has 12 heavy (non-hydrogen) atoms. The van der Waals surface area contributed by atoms with Crippen LogP contribution in [0.1, 0.15) is 0 Å². The van der Waals surface area contributed by atoms with E-state index in [1.165, 1.54) is 0 Å². The topological polar surface area (TPSA) is 41.9 Å². The normalized spacial score (nSPS) is 38.8. The average molecular weight is 173 g/mol. The highest BCUT2D eigenvalue weighted by Crippen LogP contribution is 2.14. The number of rotatable bonds is 1. The monoisotopic (exact) mass is 173 g/mol. The first-order valence-electron chi connectivity index (χ1n) is 4.45. The van der Waals surface area contributed by atoms with Gasteiger partial charge in [-0.05, 0) is 0 Å². The maximum atomic E-state index is 9.53. The summed E-state index contributed by atoms with van der Waals surface area (Å²) in [6, 6.07) is 0.203. The summed E-state index contributed by atoms with van der Waals surface area (Å²) in [6.07, 6.45) is -0.303. The third-order valence-electron chi connectivity index (χ3n) is 2.54. The van der Waals surface area contributed by atoms with Gasteiger partial charge in [0, 0.05) is 13.1 Å². The fourth-order valence-electron chi connectivity index (χ4n) is 1.79. The molecule has 2 unspecified atom stereocenters. The Kier molecular flexibility index (Phi) is 2.60. The van der Waals surface area contributed by atoms with E-state index in [9.17, 15) is 5.11 Å². The highest BCUT2D eigenvalue weighted by Gasteiger charge is 2.32. The minimum atomic E-state index is -0.303. The van der Waals surface area contributed by atoms with Crippen LogP contribution in [0.25, 0.3) is 0 Å². The molecule has 2 fully saturated rings. The van der Waals surface area contributed by atoms with E-state index in [1.54, 1.807) is 0 Å². The van der Waals surface area contributed by atoms with Crippen LogP contribution in [-0.2, 0) is 9.47 Å². The van der Waals surface area contributed by atoms with Gasteiger partial charge in [-0.2, -0.15) is 0 Å². The van der Waals surface area contributed by atoms with Gasteiger partial charge < -0.3 is 14.6 Å². The van der Waals surface area contributed by atoms with Crippen LogP contribution in [-0.4, -0.2) is 61.7 Å². The lowest BCUT2D eigenvalue weighted by molar-refractivity contribution is -0.00667. The molecule has 2 heterocycles. The summed E-state index contributed by atoms with van der Waals surface area (Å²) in [5, 5.41) is 9.53. The smallest absolute Gasteiger partial charge is 0.0950 e. The Morgan fingerprint density at radius 2 is 1.83 bits per heavy atom. The molecule has 2 aliphatic heterocycles. The largest absolute Gasteiger partial charge is 0.389 e. The molecule has 0 aromatic carbocycles. The number of hydrogen-bond acceptors (Lipinski definition) is 4. The van der Waals surface area contributed by atoms with Crippen LogP contribution in [0.3, 0.4) is 0 Å². The number of ether oxygens (including phenoxy) is 2. The van der Waals surface area contributed by atoms with Crippen LogP contribution < -0.4 is 0 Å². The van der Waals surface area contributed by atoms with Crippen molar-refractivity contribution in [2.24, 2.45) is 0 Å². The van der Waals surface area contributed by atoms with Crippen molar-refractivity contribution in [3.05, 3.63) is 0 Å². The Morgan fingerprint density at radius 3 is 2.42 bits per heavy atom. The molecular weight excluding hydrogens is 158 g/mol. The van der Waals surface area contributed by atoms with Gasteiger partial charge in [-0.3, -0.25) is 4.90 Å². The molecule has 1 N–H and O–H groups in total. The lowest BCUT2D eigenvalue weighted by Gasteiger charge is -2.32. The summed E-state index contributed by atoms with van der Waals surface area (Å²) < 4.78 is 10.4. The zero-order valence-electron chi connectivity index (χ0n) is 7.11. The zero-order chi connectivity index (χ0) is 8.39. The van der Waals surface area contributed by atoms with Crippen molar-refractivity contribution in [2.45, 2.75) is 12.1 Å². The Balaban J connectivity index is 1.89. The maximum Gasteiger partial charge on any atom is 0.0950 e. The van der Waals surface area contributed by atoms with Crippen molar-refractivity contribution in [1.29, 1.82) is 0 Å². The molecule has 0 aromatic heterocycles. The van der Waals surface area contributed by atoms with Crippen molar-refractivity contribution in [1.82, 2.24) is 4.90 Å². The Morgan fingerprint density at radius 1 is 1.08 bits per heavy atom. The molecule has 2 atom stereocenters. The van der Waals surface area contributed by atoms with Gasteiger partial charge in [-0.15, -0.1) is 0 Å². The number of aliphatic hydroxyl groups is 1. The molecule has 0 aliphatic carbocycles. The quantitative estimate of drug-likeness (QED) is 0.557. The highest BCUT2D eigenvalue weighted by molar-refractivity contribution is 4.84. The third-order valence-corrected chi connectivity index (χ3v) is 2.54. The summed E-state index contributed by atoms with van der Waals surface area (Å²) in [5.74, 6) is 0. The molecule has 0 amide bonds. The lowest BCUT2D eigenvalue weighted by Crippen LogP contribution is -2.48. The SMILES string of the molecule is OC1COCC1N1CCOCC1. The Labute approximate surface area is 72.1 Å². The maximum absolute atomic E-state index is 9.53. The first-order valence-corrected chi connectivity index (χ1v) is 4.45. The van der Waals surface area contributed by atoms with Crippen LogP contribution >= 0.6 is 0 Å². The molecule has 4 heteroatoms. The standard InChI is InChI=1S/C8H15NO3/c10-8-6-12-5-7(8)9-1-3-11-4-2-9/h7-8,10H,1-6H2. The molecule has 2 aliphatic rings. The molecular formula is C8H15NO3. The Bertz CT molecular complexity index is 147. The summed E-state index contributed by atoms with van der Waals surface area (Å²) in [6.45, 7) is 4.56. The molecule has 0 saturated carbocycles. The summed E-state index contributed by atoms with van der Waals surface area (Å²) >= 11 is 0. The van der Waals surface area contributed by atoms with Gasteiger partial charge in [0.2, 0.25) is 0 Å². The molecule has 0 bridgehead atoms. The third kappa shape index (κ3) is 1.61. The zero-order valence-corrected chi connectivity index (χ0v) is 7.11. The predicted octanol–water partition coefficient (Wildman–Crippen LogP) is -0.922. The van der Waals surface area contributed by atoms with Crippen LogP contribution in [0.15, 0.2) is 0 Å². The second-order valence-electron chi connectivity index (χ2n) is 3.32. The average Bonchev–Trinajstić information content (AvgIpc) is 2.53. The van der Waals surface area contributed by atoms with Gasteiger partial charge >= 0.3 is 0 Å². The van der Waals surface area contributed by atoms with E-state index >= 15 is 0 Å². The molecule has 2 rings (SSSR count). The fourth-order valence-corrected chi connectivity index (χ4v) is 1.79. The van der Waals surface area contributed by atoms with E-state index in [-0.39, 0.29) is 12.1 Å². The molecule has 2 saturated heterocycles. The highest BCUT2D eigenvalue weighted by atomic mass is 16.5. The van der Waals surface area contributed by atoms with Gasteiger partial charge in [0.15, 0.2) is 0 Å². The van der Waals surface area contributed by atoms with Crippen molar-refractivity contribution in [3.63, 3.8) is 0 Å². The van der Waals surface area contributed by atoms with Crippen LogP contribution in [0.5, 0.6) is 0 Å². The molecule has 4 nitrogen and oxygen atoms in total. The first kappa shape index (κ1) is 8.44. The van der Waals surface area contributed by atoms with Gasteiger partial charge in [0.05, 0.1) is 38.6 Å². The minimum absolute atomic E-state index is 0.203. The number of morpholine rings is 1. The fraction of sp³-hybridized carbons (Fsp3) is 1.00. The van der Waals surface area contributed by atoms with E-state index in [2.05, 4.69) is 4.90 Å². The second-order valence-corrected chi connectivity index (χ2v) is 3.32. The second kappa shape index (κ2) is 3.70. The van der Waals surface area contributed by atoms with Crippen molar-refractivity contribution in [2.75, 3.05) is 39.5 Å². The molecule has 70 valence electrons. The summed E-state index contributed by atoms with van der Waals surface area (Å²) in [7, 11) is 0. The van der Waals surface area contributed by atoms with Gasteiger partial charge in [-0.1, -0.05) is 0 Å².